The van der Waals surface area contributed by atoms with Crippen molar-refractivity contribution in [1.29, 1.82) is 5.26 Å². The number of anilines is 1. The molecule has 1 saturated heterocycles. The molecule has 0 radical (unpaired) electrons. The molecule has 0 spiro atoms. The smallest absolute Gasteiger partial charge is 0.260 e. The fourth-order valence-corrected chi connectivity index (χ4v) is 3.79. The lowest BCUT2D eigenvalue weighted by Gasteiger charge is -2.35. The van der Waals surface area contributed by atoms with E-state index in [1.165, 1.54) is 11.1 Å². The van der Waals surface area contributed by atoms with Crippen LogP contribution in [0.4, 0.5) is 5.82 Å². The second-order valence-corrected chi connectivity index (χ2v) is 7.89. The van der Waals surface area contributed by atoms with E-state index in [1.54, 1.807) is 29.2 Å². The molecule has 2 heterocycles. The number of rotatable bonds is 5. The van der Waals surface area contributed by atoms with Crippen molar-refractivity contribution in [3.05, 3.63) is 71.3 Å². The lowest BCUT2D eigenvalue weighted by atomic mass is 10.0. The Kier molecular flexibility index (Phi) is 6.31. The van der Waals surface area contributed by atoms with Crippen LogP contribution < -0.4 is 9.64 Å². The standard InChI is InChI=1S/C25H25N5O2/c1-18-3-8-22(19(2)15-18)23-9-10-24(28-27-23)29-11-13-30(14-12-29)25(31)17-32-21-6-4-20(16-26)5-7-21/h3-10,15H,11-14,17H2,1-2H3. The summed E-state index contributed by atoms with van der Waals surface area (Å²) in [5.41, 5.74) is 4.92. The van der Waals surface area contributed by atoms with E-state index in [4.69, 9.17) is 10.00 Å². The van der Waals surface area contributed by atoms with E-state index in [0.717, 1.165) is 17.1 Å². The van der Waals surface area contributed by atoms with Crippen LogP contribution in [0.25, 0.3) is 11.3 Å². The summed E-state index contributed by atoms with van der Waals surface area (Å²) in [5.74, 6) is 1.35. The molecule has 7 nitrogen and oxygen atoms in total. The van der Waals surface area contributed by atoms with Gasteiger partial charge in [0, 0.05) is 31.7 Å². The van der Waals surface area contributed by atoms with Crippen molar-refractivity contribution in [2.75, 3.05) is 37.7 Å². The molecule has 162 valence electrons. The van der Waals surface area contributed by atoms with Gasteiger partial charge in [0.1, 0.15) is 5.75 Å². The Morgan fingerprint density at radius 2 is 1.75 bits per heavy atom. The topological polar surface area (TPSA) is 82.4 Å². The number of nitrogens with zero attached hydrogens (tertiary/aromatic N) is 5. The number of piperazine rings is 1. The molecule has 3 aromatic rings. The maximum absolute atomic E-state index is 12.5. The van der Waals surface area contributed by atoms with E-state index >= 15 is 0 Å². The first kappa shape index (κ1) is 21.3. The van der Waals surface area contributed by atoms with E-state index in [-0.39, 0.29) is 12.5 Å². The summed E-state index contributed by atoms with van der Waals surface area (Å²) in [4.78, 5) is 16.4. The fraction of sp³-hybridized carbons (Fsp3) is 0.280. The number of hydrogen-bond donors (Lipinski definition) is 0. The van der Waals surface area contributed by atoms with Crippen molar-refractivity contribution in [2.24, 2.45) is 0 Å². The quantitative estimate of drug-likeness (QED) is 0.621. The molecule has 0 saturated carbocycles. The largest absolute Gasteiger partial charge is 0.484 e. The van der Waals surface area contributed by atoms with Gasteiger partial charge in [-0.05, 0) is 55.8 Å². The number of ether oxygens (including phenoxy) is 1. The molecule has 1 aliphatic heterocycles. The Labute approximate surface area is 187 Å². The van der Waals surface area contributed by atoms with Crippen LogP contribution in [-0.2, 0) is 4.79 Å². The minimum absolute atomic E-state index is 0.0176. The molecule has 0 bridgehead atoms. The van der Waals surface area contributed by atoms with Crippen LogP contribution in [0, 0.1) is 25.2 Å². The Hall–Kier alpha value is -3.92. The summed E-state index contributed by atoms with van der Waals surface area (Å²) < 4.78 is 5.57. The molecule has 1 amide bonds. The second kappa shape index (κ2) is 9.48. The molecule has 1 aromatic heterocycles. The third-order valence-electron chi connectivity index (χ3n) is 5.61. The molecule has 0 unspecified atom stereocenters. The van der Waals surface area contributed by atoms with E-state index in [9.17, 15) is 4.79 Å². The third-order valence-corrected chi connectivity index (χ3v) is 5.61. The summed E-state index contributed by atoms with van der Waals surface area (Å²) >= 11 is 0. The van der Waals surface area contributed by atoms with Gasteiger partial charge in [0.2, 0.25) is 0 Å². The highest BCUT2D eigenvalue weighted by Gasteiger charge is 2.22. The Morgan fingerprint density at radius 3 is 2.38 bits per heavy atom. The summed E-state index contributed by atoms with van der Waals surface area (Å²) in [7, 11) is 0. The average molecular weight is 428 g/mol. The summed E-state index contributed by atoms with van der Waals surface area (Å²) in [6, 6.07) is 19.1. The van der Waals surface area contributed by atoms with Crippen LogP contribution in [0.2, 0.25) is 0 Å². The summed E-state index contributed by atoms with van der Waals surface area (Å²) in [5, 5.41) is 17.7. The van der Waals surface area contributed by atoms with Crippen LogP contribution >= 0.6 is 0 Å². The van der Waals surface area contributed by atoms with E-state index < -0.39 is 0 Å². The van der Waals surface area contributed by atoms with Gasteiger partial charge in [-0.15, -0.1) is 10.2 Å². The predicted octanol–water partition coefficient (Wildman–Crippen LogP) is 3.36. The zero-order valence-corrected chi connectivity index (χ0v) is 18.3. The number of carbonyl (C=O) groups excluding carboxylic acids is 1. The van der Waals surface area contributed by atoms with Crippen LogP contribution in [0.1, 0.15) is 16.7 Å². The molecule has 7 heteroatoms. The first-order valence-electron chi connectivity index (χ1n) is 10.6. The SMILES string of the molecule is Cc1ccc(-c2ccc(N3CCN(C(=O)COc4ccc(C#N)cc4)CC3)nn2)c(C)c1. The molecule has 0 aliphatic carbocycles. The van der Waals surface area contributed by atoms with Crippen molar-refractivity contribution in [3.8, 4) is 23.1 Å². The fourth-order valence-electron chi connectivity index (χ4n) is 3.79. The zero-order valence-electron chi connectivity index (χ0n) is 18.3. The van der Waals surface area contributed by atoms with E-state index in [0.29, 0.717) is 37.5 Å². The summed E-state index contributed by atoms with van der Waals surface area (Å²) in [6.07, 6.45) is 0. The molecule has 2 aromatic carbocycles. The predicted molar refractivity (Wildman–Crippen MR) is 122 cm³/mol. The lowest BCUT2D eigenvalue weighted by Crippen LogP contribution is -2.50. The zero-order chi connectivity index (χ0) is 22.5. The van der Waals surface area contributed by atoms with Crippen molar-refractivity contribution >= 4 is 11.7 Å². The minimum Gasteiger partial charge on any atom is -0.484 e. The number of carbonyl (C=O) groups is 1. The molecule has 0 atom stereocenters. The van der Waals surface area contributed by atoms with Gasteiger partial charge in [0.15, 0.2) is 12.4 Å². The molecule has 1 fully saturated rings. The summed E-state index contributed by atoms with van der Waals surface area (Å²) in [6.45, 7) is 6.75. The normalized spacial score (nSPS) is 13.5. The van der Waals surface area contributed by atoms with Gasteiger partial charge in [-0.2, -0.15) is 5.26 Å². The number of amides is 1. The van der Waals surface area contributed by atoms with Crippen molar-refractivity contribution < 1.29 is 9.53 Å². The van der Waals surface area contributed by atoms with Crippen molar-refractivity contribution in [1.82, 2.24) is 15.1 Å². The highest BCUT2D eigenvalue weighted by molar-refractivity contribution is 5.78. The highest BCUT2D eigenvalue weighted by Crippen LogP contribution is 2.23. The van der Waals surface area contributed by atoms with Crippen molar-refractivity contribution in [2.45, 2.75) is 13.8 Å². The van der Waals surface area contributed by atoms with Crippen LogP contribution in [0.15, 0.2) is 54.6 Å². The van der Waals surface area contributed by atoms with Gasteiger partial charge < -0.3 is 14.5 Å². The Balaban J connectivity index is 1.30. The number of benzene rings is 2. The van der Waals surface area contributed by atoms with Gasteiger partial charge >= 0.3 is 0 Å². The maximum Gasteiger partial charge on any atom is 0.260 e. The lowest BCUT2D eigenvalue weighted by molar-refractivity contribution is -0.133. The molecule has 32 heavy (non-hydrogen) atoms. The van der Waals surface area contributed by atoms with Gasteiger partial charge in [0.05, 0.1) is 17.3 Å². The monoisotopic (exact) mass is 427 g/mol. The number of aromatic nitrogens is 2. The number of hydrogen-bond acceptors (Lipinski definition) is 6. The maximum atomic E-state index is 12.5. The van der Waals surface area contributed by atoms with Crippen LogP contribution in [0.3, 0.4) is 0 Å². The van der Waals surface area contributed by atoms with Gasteiger partial charge in [-0.3, -0.25) is 4.79 Å². The Bertz CT molecular complexity index is 1130. The molecule has 0 N–H and O–H groups in total. The van der Waals surface area contributed by atoms with Crippen LogP contribution in [0.5, 0.6) is 5.75 Å². The van der Waals surface area contributed by atoms with Crippen LogP contribution in [-0.4, -0.2) is 53.8 Å². The molecular formula is C25H25N5O2. The van der Waals surface area contributed by atoms with E-state index in [2.05, 4.69) is 53.2 Å². The first-order valence-corrected chi connectivity index (χ1v) is 10.6. The number of nitriles is 1. The second-order valence-electron chi connectivity index (χ2n) is 7.89. The minimum atomic E-state index is -0.0507. The molecule has 4 rings (SSSR count). The average Bonchev–Trinajstić information content (AvgIpc) is 2.83. The third kappa shape index (κ3) is 4.86. The number of aryl methyl sites for hydroxylation is 2. The van der Waals surface area contributed by atoms with Gasteiger partial charge in [-0.1, -0.05) is 23.8 Å². The van der Waals surface area contributed by atoms with E-state index in [1.807, 2.05) is 12.1 Å². The Morgan fingerprint density at radius 1 is 1.00 bits per heavy atom. The molecule has 1 aliphatic rings. The van der Waals surface area contributed by atoms with Gasteiger partial charge in [-0.25, -0.2) is 0 Å². The highest BCUT2D eigenvalue weighted by atomic mass is 16.5. The van der Waals surface area contributed by atoms with Gasteiger partial charge in [0.25, 0.3) is 5.91 Å². The van der Waals surface area contributed by atoms with Crippen molar-refractivity contribution in [3.63, 3.8) is 0 Å². The molecular weight excluding hydrogens is 402 g/mol. The first-order chi connectivity index (χ1) is 15.5.